The first-order valence-corrected chi connectivity index (χ1v) is 13.4. The molecular weight excluding hydrogens is 525 g/mol. The van der Waals surface area contributed by atoms with Gasteiger partial charge in [0.05, 0.1) is 34.2 Å². The molecule has 1 aliphatic rings. The number of sulfonamides is 1. The Bertz CT molecular complexity index is 1340. The summed E-state index contributed by atoms with van der Waals surface area (Å²) in [5.74, 6) is -2.19. The summed E-state index contributed by atoms with van der Waals surface area (Å²) >= 11 is 0. The van der Waals surface area contributed by atoms with Crippen molar-refractivity contribution in [2.45, 2.75) is 51.6 Å². The van der Waals surface area contributed by atoms with E-state index in [0.29, 0.717) is 24.6 Å². The van der Waals surface area contributed by atoms with Crippen molar-refractivity contribution in [1.82, 2.24) is 9.71 Å². The number of alkyl halides is 3. The Morgan fingerprint density at radius 2 is 1.82 bits per heavy atom. The number of nitrogens with one attached hydrogen (secondary N) is 1. The minimum Gasteiger partial charge on any atom is -0.459 e. The summed E-state index contributed by atoms with van der Waals surface area (Å²) in [5, 5.41) is 9.62. The number of anilines is 1. The molecule has 1 aromatic carbocycles. The van der Waals surface area contributed by atoms with Gasteiger partial charge >= 0.3 is 12.1 Å². The summed E-state index contributed by atoms with van der Waals surface area (Å²) < 4.78 is 70.2. The number of aromatic nitrogens is 1. The van der Waals surface area contributed by atoms with Crippen molar-refractivity contribution >= 4 is 27.7 Å². The zero-order chi connectivity index (χ0) is 28.3. The second kappa shape index (κ2) is 11.4. The predicted octanol–water partition coefficient (Wildman–Crippen LogP) is 3.71. The average Bonchev–Trinajstić information content (AvgIpc) is 2.82. The number of piperidine rings is 1. The van der Waals surface area contributed by atoms with E-state index in [9.17, 15) is 36.4 Å². The molecular formula is C25H27F3N4O5S. The Balaban J connectivity index is 1.62. The number of carbonyl (C=O) groups is 2. The summed E-state index contributed by atoms with van der Waals surface area (Å²) in [5.41, 5.74) is -0.0400. The second-order valence-electron chi connectivity index (χ2n) is 9.24. The standard InChI is InChI=1S/C25H27F3N4O5S/c1-15(2)37-24(34)21-12-19(13-29)22(30-16(21)3)32-10-8-18(9-11-32)23(33)31-38(35,36)14-17-4-6-20(7-5-17)25(26,27)28/h4-7,12,15,18H,8-11,14H2,1-3H3,(H,31,33). The van der Waals surface area contributed by atoms with Gasteiger partial charge in [0.15, 0.2) is 0 Å². The molecule has 0 spiro atoms. The van der Waals surface area contributed by atoms with E-state index in [4.69, 9.17) is 4.74 Å². The van der Waals surface area contributed by atoms with Crippen molar-refractivity contribution in [2.75, 3.05) is 18.0 Å². The summed E-state index contributed by atoms with van der Waals surface area (Å²) in [6.07, 6.45) is -4.31. The fraction of sp³-hybridized carbons (Fsp3) is 0.440. The number of halogens is 3. The van der Waals surface area contributed by atoms with Crippen molar-refractivity contribution in [3.05, 3.63) is 58.3 Å². The molecule has 2 aromatic rings. The molecule has 38 heavy (non-hydrogen) atoms. The monoisotopic (exact) mass is 552 g/mol. The van der Waals surface area contributed by atoms with E-state index >= 15 is 0 Å². The minimum absolute atomic E-state index is 0.110. The normalized spacial score (nSPS) is 14.7. The number of hydrogen-bond donors (Lipinski definition) is 1. The number of nitrogens with zero attached hydrogens (tertiary/aromatic N) is 3. The Morgan fingerprint density at radius 3 is 2.34 bits per heavy atom. The van der Waals surface area contributed by atoms with E-state index in [-0.39, 0.29) is 35.6 Å². The average molecular weight is 553 g/mol. The van der Waals surface area contributed by atoms with Crippen molar-refractivity contribution in [3.63, 3.8) is 0 Å². The van der Waals surface area contributed by atoms with Gasteiger partial charge in [-0.3, -0.25) is 9.52 Å². The number of hydrogen-bond acceptors (Lipinski definition) is 8. The number of carbonyl (C=O) groups excluding carboxylic acids is 2. The molecule has 1 aliphatic heterocycles. The van der Waals surface area contributed by atoms with Gasteiger partial charge in [-0.1, -0.05) is 12.1 Å². The highest BCUT2D eigenvalue weighted by Gasteiger charge is 2.31. The van der Waals surface area contributed by atoms with Crippen LogP contribution in [0.5, 0.6) is 0 Å². The maximum atomic E-state index is 12.7. The third kappa shape index (κ3) is 7.22. The van der Waals surface area contributed by atoms with Gasteiger partial charge in [-0.25, -0.2) is 18.2 Å². The minimum atomic E-state index is -4.54. The maximum absolute atomic E-state index is 12.7. The number of esters is 1. The highest BCUT2D eigenvalue weighted by atomic mass is 32.2. The maximum Gasteiger partial charge on any atom is 0.416 e. The highest BCUT2D eigenvalue weighted by Crippen LogP contribution is 2.30. The van der Waals surface area contributed by atoms with Crippen LogP contribution in [0.4, 0.5) is 19.0 Å². The van der Waals surface area contributed by atoms with Crippen molar-refractivity contribution in [3.8, 4) is 6.07 Å². The summed E-state index contributed by atoms with van der Waals surface area (Å²) in [4.78, 5) is 31.2. The van der Waals surface area contributed by atoms with Crippen LogP contribution in [0.15, 0.2) is 30.3 Å². The zero-order valence-corrected chi connectivity index (χ0v) is 21.8. The number of pyridine rings is 1. The van der Waals surface area contributed by atoms with E-state index in [1.54, 1.807) is 25.7 Å². The third-order valence-electron chi connectivity index (χ3n) is 5.94. The lowest BCUT2D eigenvalue weighted by atomic mass is 9.96. The first-order valence-electron chi connectivity index (χ1n) is 11.8. The number of aryl methyl sites for hydroxylation is 1. The van der Waals surface area contributed by atoms with Crippen molar-refractivity contribution in [1.29, 1.82) is 5.26 Å². The molecule has 0 unspecified atom stereocenters. The van der Waals surface area contributed by atoms with Gasteiger partial charge in [0.2, 0.25) is 15.9 Å². The lowest BCUT2D eigenvalue weighted by Crippen LogP contribution is -2.43. The zero-order valence-electron chi connectivity index (χ0n) is 21.0. The van der Waals surface area contributed by atoms with E-state index in [0.717, 1.165) is 24.3 Å². The molecule has 0 atom stereocenters. The summed E-state index contributed by atoms with van der Waals surface area (Å²) in [6.45, 7) is 5.67. The fourth-order valence-electron chi connectivity index (χ4n) is 4.04. The van der Waals surface area contributed by atoms with E-state index in [1.165, 1.54) is 6.07 Å². The number of amides is 1. The summed E-state index contributed by atoms with van der Waals surface area (Å²) in [7, 11) is -4.13. The van der Waals surface area contributed by atoms with E-state index in [1.807, 2.05) is 10.8 Å². The number of ether oxygens (including phenoxy) is 1. The molecule has 2 heterocycles. The quantitative estimate of drug-likeness (QED) is 0.515. The molecule has 0 saturated carbocycles. The van der Waals surface area contributed by atoms with Crippen molar-refractivity contribution in [2.24, 2.45) is 5.92 Å². The van der Waals surface area contributed by atoms with Crippen LogP contribution >= 0.6 is 0 Å². The topological polar surface area (TPSA) is 129 Å². The largest absolute Gasteiger partial charge is 0.459 e. The Hall–Kier alpha value is -3.66. The molecule has 9 nitrogen and oxygen atoms in total. The van der Waals surface area contributed by atoms with E-state index in [2.05, 4.69) is 4.98 Å². The molecule has 204 valence electrons. The van der Waals surface area contributed by atoms with Gasteiger partial charge in [-0.2, -0.15) is 18.4 Å². The molecule has 1 aromatic heterocycles. The van der Waals surface area contributed by atoms with Crippen LogP contribution in [0.2, 0.25) is 0 Å². The molecule has 1 saturated heterocycles. The lowest BCUT2D eigenvalue weighted by molar-refractivity contribution is -0.137. The highest BCUT2D eigenvalue weighted by molar-refractivity contribution is 7.89. The lowest BCUT2D eigenvalue weighted by Gasteiger charge is -2.32. The van der Waals surface area contributed by atoms with Gasteiger partial charge in [0.25, 0.3) is 0 Å². The fourth-order valence-corrected chi connectivity index (χ4v) is 5.21. The van der Waals surface area contributed by atoms with Gasteiger partial charge in [0.1, 0.15) is 11.9 Å². The molecule has 1 fully saturated rings. The first-order chi connectivity index (χ1) is 17.7. The smallest absolute Gasteiger partial charge is 0.416 e. The molecule has 13 heteroatoms. The van der Waals surface area contributed by atoms with Gasteiger partial charge in [0, 0.05) is 19.0 Å². The number of benzene rings is 1. The predicted molar refractivity (Wildman–Crippen MR) is 131 cm³/mol. The number of nitriles is 1. The molecule has 1 N–H and O–H groups in total. The van der Waals surface area contributed by atoms with Crippen LogP contribution in [0.1, 0.15) is 59.4 Å². The molecule has 3 rings (SSSR count). The Labute approximate surface area is 218 Å². The Kier molecular flexibility index (Phi) is 8.66. The molecule has 0 radical (unpaired) electrons. The first kappa shape index (κ1) is 28.9. The van der Waals surface area contributed by atoms with Crippen LogP contribution in [-0.4, -0.2) is 44.5 Å². The SMILES string of the molecule is Cc1nc(N2CCC(C(=O)NS(=O)(=O)Cc3ccc(C(F)(F)F)cc3)CC2)c(C#N)cc1C(=O)OC(C)C. The van der Waals surface area contributed by atoms with Crippen LogP contribution in [-0.2, 0) is 31.5 Å². The molecule has 0 aliphatic carbocycles. The van der Waals surface area contributed by atoms with Gasteiger partial charge < -0.3 is 9.64 Å². The summed E-state index contributed by atoms with van der Waals surface area (Å²) in [6, 6.07) is 7.14. The van der Waals surface area contributed by atoms with Crippen LogP contribution < -0.4 is 9.62 Å². The van der Waals surface area contributed by atoms with Crippen LogP contribution in [0.25, 0.3) is 0 Å². The van der Waals surface area contributed by atoms with Crippen LogP contribution in [0, 0.1) is 24.2 Å². The van der Waals surface area contributed by atoms with Gasteiger partial charge in [-0.15, -0.1) is 0 Å². The molecule has 0 bridgehead atoms. The van der Waals surface area contributed by atoms with Gasteiger partial charge in [-0.05, 0) is 57.4 Å². The third-order valence-corrected chi connectivity index (χ3v) is 7.16. The van der Waals surface area contributed by atoms with Crippen molar-refractivity contribution < 1.29 is 35.9 Å². The van der Waals surface area contributed by atoms with Crippen LogP contribution in [0.3, 0.4) is 0 Å². The Morgan fingerprint density at radius 1 is 1.21 bits per heavy atom. The second-order valence-corrected chi connectivity index (χ2v) is 11.0. The number of rotatable bonds is 7. The molecule has 1 amide bonds. The van der Waals surface area contributed by atoms with E-state index < -0.39 is 45.3 Å².